The second-order valence-electron chi connectivity index (χ2n) is 12.6. The monoisotopic (exact) mass is 859 g/mol. The fraction of sp³-hybridized carbons (Fsp3) is 0.593. The number of hydrogen-bond donors (Lipinski definition) is 13. The molecule has 1 amide bonds. The number of phosphoric ester groups is 2. The number of amides is 1. The molecule has 57 heavy (non-hydrogen) atoms. The number of primary amides is 1. The lowest BCUT2D eigenvalue weighted by molar-refractivity contribution is -0.274. The van der Waals surface area contributed by atoms with Gasteiger partial charge in [-0.1, -0.05) is 6.08 Å². The van der Waals surface area contributed by atoms with E-state index in [1.807, 2.05) is 0 Å². The van der Waals surface area contributed by atoms with Gasteiger partial charge in [0.05, 0.1) is 19.5 Å². The smallest absolute Gasteiger partial charge is 0.425 e. The Bertz CT molecular complexity index is 1960. The van der Waals surface area contributed by atoms with Gasteiger partial charge in [0.15, 0.2) is 36.1 Å². The quantitative estimate of drug-likeness (QED) is 0.0519. The van der Waals surface area contributed by atoms with Crippen molar-refractivity contribution in [3.8, 4) is 0 Å². The van der Waals surface area contributed by atoms with Crippen molar-refractivity contribution in [2.75, 3.05) is 25.6 Å². The molecule has 0 aromatic carbocycles. The minimum absolute atomic E-state index is 0.0478. The van der Waals surface area contributed by atoms with Gasteiger partial charge in [-0.25, -0.2) is 28.9 Å². The largest absolute Gasteiger partial charge is 0.481 e. The third-order valence-corrected chi connectivity index (χ3v) is 11.3. The first-order valence-electron chi connectivity index (χ1n) is 16.3. The number of nitrogen functional groups attached to an aromatic ring is 1. The summed E-state index contributed by atoms with van der Waals surface area (Å²) < 4.78 is 56.4. The SMILES string of the molecule is NC(=O)C1=CN([C@@H]2O[C@H](COP(=O)(O)OP(=O)(O)OC[C@]3(OC(=O)C(O)C(O)C(O)C(O)CO)O[C@@H](n4cnc5c(N)ncnc54)[C@H](O)[C@@H]3O)[C@@H](O)[C@H]2O)C=CC1. The fourth-order valence-corrected chi connectivity index (χ4v) is 7.79. The lowest BCUT2D eigenvalue weighted by Crippen LogP contribution is -2.55. The number of aliphatic hydroxyl groups excluding tert-OH is 9. The number of allylic oxidation sites excluding steroid dienone is 1. The molecule has 2 saturated heterocycles. The Morgan fingerprint density at radius 3 is 2.33 bits per heavy atom. The number of hydrogen-bond acceptors (Lipinski definition) is 24. The van der Waals surface area contributed by atoms with Crippen LogP contribution in [0.2, 0.25) is 0 Å². The number of carbonyl (C=O) groups excluding carboxylic acids is 2. The van der Waals surface area contributed by atoms with E-state index in [2.05, 4.69) is 23.8 Å². The summed E-state index contributed by atoms with van der Waals surface area (Å²) in [4.78, 5) is 58.1. The van der Waals surface area contributed by atoms with Gasteiger partial charge in [0.2, 0.25) is 5.91 Å². The van der Waals surface area contributed by atoms with Crippen LogP contribution < -0.4 is 11.5 Å². The molecular formula is C27H39N7O21P2. The zero-order valence-electron chi connectivity index (χ0n) is 28.9. The highest BCUT2D eigenvalue weighted by molar-refractivity contribution is 7.61. The number of imidazole rings is 1. The number of aliphatic hydroxyl groups is 9. The first-order valence-corrected chi connectivity index (χ1v) is 19.3. The Hall–Kier alpha value is -3.61. The second-order valence-corrected chi connectivity index (χ2v) is 15.7. The molecule has 2 aromatic rings. The van der Waals surface area contributed by atoms with E-state index in [1.165, 1.54) is 23.4 Å². The van der Waals surface area contributed by atoms with Crippen LogP contribution in [0.5, 0.6) is 0 Å². The molecule has 0 bridgehead atoms. The van der Waals surface area contributed by atoms with Crippen molar-refractivity contribution in [2.24, 2.45) is 5.73 Å². The number of anilines is 1. The molecule has 14 atom stereocenters. The van der Waals surface area contributed by atoms with E-state index < -0.39 is 121 Å². The zero-order chi connectivity index (χ0) is 42.2. The van der Waals surface area contributed by atoms with Gasteiger partial charge in [0.1, 0.15) is 61.2 Å². The Kier molecular flexibility index (Phi) is 13.5. The Labute approximate surface area is 318 Å². The molecule has 5 heterocycles. The molecular weight excluding hydrogens is 820 g/mol. The molecule has 28 nitrogen and oxygen atoms in total. The Balaban J connectivity index is 1.31. The number of esters is 1. The van der Waals surface area contributed by atoms with Gasteiger partial charge in [0.25, 0.3) is 5.79 Å². The van der Waals surface area contributed by atoms with Gasteiger partial charge >= 0.3 is 21.6 Å². The molecule has 5 rings (SSSR count). The number of nitrogens with two attached hydrogens (primary N) is 2. The van der Waals surface area contributed by atoms with E-state index in [-0.39, 0.29) is 29.0 Å². The summed E-state index contributed by atoms with van der Waals surface area (Å²) in [7, 11) is -11.6. The summed E-state index contributed by atoms with van der Waals surface area (Å²) >= 11 is 0. The van der Waals surface area contributed by atoms with Crippen LogP contribution in [0.1, 0.15) is 12.6 Å². The first kappa shape index (κ1) is 44.5. The molecule has 2 fully saturated rings. The van der Waals surface area contributed by atoms with Gasteiger partial charge in [0, 0.05) is 18.0 Å². The van der Waals surface area contributed by atoms with Crippen molar-refractivity contribution >= 4 is 44.5 Å². The summed E-state index contributed by atoms with van der Waals surface area (Å²) in [6.45, 7) is -3.92. The predicted octanol–water partition coefficient (Wildman–Crippen LogP) is -6.38. The fourth-order valence-electron chi connectivity index (χ4n) is 5.69. The molecule has 6 unspecified atom stereocenters. The maximum Gasteiger partial charge on any atom is 0.481 e. The molecule has 3 aliphatic rings. The number of aromatic nitrogens is 4. The van der Waals surface area contributed by atoms with Crippen molar-refractivity contribution in [3.63, 3.8) is 0 Å². The summed E-state index contributed by atoms with van der Waals surface area (Å²) in [5, 5.41) is 92.3. The molecule has 0 spiro atoms. The molecule has 2 aromatic heterocycles. The van der Waals surface area contributed by atoms with Crippen LogP contribution in [-0.4, -0.2) is 179 Å². The summed E-state index contributed by atoms with van der Waals surface area (Å²) in [6.07, 6.45) is -16.7. The highest BCUT2D eigenvalue weighted by Crippen LogP contribution is 2.61. The topological polar surface area (TPSA) is 445 Å². The third kappa shape index (κ3) is 9.49. The van der Waals surface area contributed by atoms with Gasteiger partial charge in [-0.3, -0.25) is 18.4 Å². The Morgan fingerprint density at radius 2 is 1.67 bits per heavy atom. The highest BCUT2D eigenvalue weighted by Gasteiger charge is 2.60. The van der Waals surface area contributed by atoms with Crippen LogP contribution in [0.25, 0.3) is 11.2 Å². The maximum atomic E-state index is 13.0. The number of ether oxygens (including phenoxy) is 3. The number of rotatable bonds is 17. The maximum absolute atomic E-state index is 13.0. The van der Waals surface area contributed by atoms with E-state index in [0.29, 0.717) is 0 Å². The molecule has 0 radical (unpaired) electrons. The summed E-state index contributed by atoms with van der Waals surface area (Å²) in [5.74, 6) is -6.13. The number of nitrogens with zero attached hydrogens (tertiary/aromatic N) is 5. The van der Waals surface area contributed by atoms with Crippen molar-refractivity contribution in [1.29, 1.82) is 0 Å². The van der Waals surface area contributed by atoms with Crippen molar-refractivity contribution < 1.29 is 102 Å². The molecule has 15 N–H and O–H groups in total. The average Bonchev–Trinajstić information content (AvgIpc) is 3.80. The van der Waals surface area contributed by atoms with Crippen LogP contribution in [-0.2, 0) is 46.3 Å². The van der Waals surface area contributed by atoms with Crippen LogP contribution in [0.4, 0.5) is 5.82 Å². The van der Waals surface area contributed by atoms with Crippen LogP contribution in [0.15, 0.2) is 36.7 Å². The van der Waals surface area contributed by atoms with E-state index in [4.69, 9.17) is 35.3 Å². The van der Waals surface area contributed by atoms with Gasteiger partial charge in [-0.05, 0) is 6.42 Å². The molecule has 30 heteroatoms. The zero-order valence-corrected chi connectivity index (χ0v) is 30.6. The van der Waals surface area contributed by atoms with Gasteiger partial charge in [-0.2, -0.15) is 4.31 Å². The number of carbonyl (C=O) groups is 2. The van der Waals surface area contributed by atoms with Crippen LogP contribution in [0.3, 0.4) is 0 Å². The number of fused-ring (bicyclic) bond motifs is 1. The average molecular weight is 860 g/mol. The van der Waals surface area contributed by atoms with E-state index in [1.54, 1.807) is 0 Å². The highest BCUT2D eigenvalue weighted by atomic mass is 31.3. The van der Waals surface area contributed by atoms with Gasteiger partial charge < -0.3 is 86.3 Å². The lowest BCUT2D eigenvalue weighted by Gasteiger charge is -2.33. The molecule has 0 saturated carbocycles. The molecule has 3 aliphatic heterocycles. The van der Waals surface area contributed by atoms with Gasteiger partial charge in [-0.15, -0.1) is 0 Å². The van der Waals surface area contributed by atoms with Crippen LogP contribution >= 0.6 is 15.6 Å². The van der Waals surface area contributed by atoms with E-state index in [0.717, 1.165) is 17.2 Å². The summed E-state index contributed by atoms with van der Waals surface area (Å²) in [5.41, 5.74) is 11.0. The van der Waals surface area contributed by atoms with Crippen molar-refractivity contribution in [2.45, 2.75) is 79.6 Å². The van der Waals surface area contributed by atoms with Crippen molar-refractivity contribution in [1.82, 2.24) is 24.4 Å². The minimum atomic E-state index is -5.93. The summed E-state index contributed by atoms with van der Waals surface area (Å²) in [6, 6.07) is 0. The normalized spacial score (nSPS) is 31.9. The molecule has 0 aliphatic carbocycles. The molecule has 318 valence electrons. The minimum Gasteiger partial charge on any atom is -0.425 e. The number of phosphoric acid groups is 2. The van der Waals surface area contributed by atoms with Crippen LogP contribution in [0, 0.1) is 0 Å². The van der Waals surface area contributed by atoms with E-state index >= 15 is 0 Å². The third-order valence-electron chi connectivity index (χ3n) is 8.72. The lowest BCUT2D eigenvalue weighted by atomic mass is 10.0. The van der Waals surface area contributed by atoms with E-state index in [9.17, 15) is 69.4 Å². The Morgan fingerprint density at radius 1 is 0.982 bits per heavy atom. The standard InChI is InChI=1S/C27H39N7O21P2/c28-21-13-23(31-8-30-21)34(9-32-13)25-19(42)20(43)27(53-25,54-26(45)18(41)16(39)14(37)11(36)5-35)7-51-57(48,49)55-56(46,47)50-6-12-15(38)17(40)24(52-12)33-3-1-2-10(4-33)22(29)44/h1,3-4,8-9,11-12,14-20,24-25,35-43H,2,5-7H2,(H2,29,44)(H,46,47)(H,48,49)(H2,28,30,31)/t11?,12-,14?,15-,16?,17-,18?,19-,20+,24-,25-,27-/m1/s1. The first-order chi connectivity index (χ1) is 26.6. The van der Waals surface area contributed by atoms with Crippen molar-refractivity contribution in [3.05, 3.63) is 36.7 Å². The second kappa shape index (κ2) is 17.3. The predicted molar refractivity (Wildman–Crippen MR) is 178 cm³/mol.